The maximum Gasteiger partial charge on any atom is 0.111 e. The molecule has 0 unspecified atom stereocenters. The van der Waals surface area contributed by atoms with Crippen molar-refractivity contribution in [2.45, 2.75) is 32.0 Å². The van der Waals surface area contributed by atoms with Gasteiger partial charge in [0.15, 0.2) is 0 Å². The summed E-state index contributed by atoms with van der Waals surface area (Å²) in [4.78, 5) is -0.379. The Morgan fingerprint density at radius 3 is 1.52 bits per heavy atom. The van der Waals surface area contributed by atoms with Crippen molar-refractivity contribution in [1.29, 1.82) is 0 Å². The lowest BCUT2D eigenvalue weighted by atomic mass is 9.91. The van der Waals surface area contributed by atoms with E-state index in [0.29, 0.717) is 6.42 Å². The van der Waals surface area contributed by atoms with Crippen molar-refractivity contribution < 1.29 is 0 Å². The van der Waals surface area contributed by atoms with Gasteiger partial charge in [0.1, 0.15) is 4.84 Å². The lowest BCUT2D eigenvalue weighted by molar-refractivity contribution is 1.06. The first-order valence-corrected chi connectivity index (χ1v) is 7.96. The van der Waals surface area contributed by atoms with E-state index in [4.69, 9.17) is 23.2 Å². The summed E-state index contributed by atoms with van der Waals surface area (Å²) in [7, 11) is 0. The number of benzene rings is 2. The molecular formula is C19H20Cl2. The molecule has 0 bridgehead atoms. The Balaban J connectivity index is 2.53. The summed E-state index contributed by atoms with van der Waals surface area (Å²) in [6.07, 6.45) is 0.667. The molecule has 21 heavy (non-hydrogen) atoms. The van der Waals surface area contributed by atoms with Crippen LogP contribution in [0.4, 0.5) is 0 Å². The normalized spacial score (nSPS) is 10.8. The largest absolute Gasteiger partial charge is 0.111 e. The molecule has 0 nitrogen and oxygen atoms in total. The van der Waals surface area contributed by atoms with Gasteiger partial charge in [-0.3, -0.25) is 0 Å². The molecule has 0 saturated heterocycles. The lowest BCUT2D eigenvalue weighted by Crippen LogP contribution is -1.97. The third-order valence-electron chi connectivity index (χ3n) is 3.57. The molecule has 2 heteroatoms. The lowest BCUT2D eigenvalue weighted by Gasteiger charge is -2.15. The smallest absolute Gasteiger partial charge is 0.105 e. The Kier molecular flexibility index (Phi) is 5.50. The van der Waals surface area contributed by atoms with Gasteiger partial charge in [-0.15, -0.1) is 23.2 Å². The third kappa shape index (κ3) is 4.36. The molecular weight excluding hydrogens is 299 g/mol. The van der Waals surface area contributed by atoms with Crippen LogP contribution in [0.1, 0.15) is 35.6 Å². The maximum atomic E-state index is 5.97. The molecule has 0 atom stereocenters. The second-order valence-corrected chi connectivity index (χ2v) is 6.76. The maximum absolute atomic E-state index is 5.97. The molecule has 110 valence electrons. The minimum absolute atomic E-state index is 0.379. The van der Waals surface area contributed by atoms with Crippen molar-refractivity contribution in [1.82, 2.24) is 0 Å². The molecule has 0 amide bonds. The van der Waals surface area contributed by atoms with E-state index >= 15 is 0 Å². The fourth-order valence-electron chi connectivity index (χ4n) is 2.43. The van der Waals surface area contributed by atoms with Gasteiger partial charge >= 0.3 is 0 Å². The molecule has 0 N–H and O–H groups in total. The molecule has 2 aromatic rings. The van der Waals surface area contributed by atoms with Gasteiger partial charge < -0.3 is 0 Å². The van der Waals surface area contributed by atoms with Gasteiger partial charge in [0.2, 0.25) is 0 Å². The number of allylic oxidation sites excluding steroid dienone is 1. The van der Waals surface area contributed by atoms with Crippen LogP contribution in [0.15, 0.2) is 54.1 Å². The average Bonchev–Trinajstić information content (AvgIpc) is 2.42. The second-order valence-electron chi connectivity index (χ2n) is 5.48. The minimum Gasteiger partial charge on any atom is -0.105 e. The summed E-state index contributed by atoms with van der Waals surface area (Å²) >= 11 is 11.9. The Morgan fingerprint density at radius 1 is 0.810 bits per heavy atom. The molecule has 0 fully saturated rings. The predicted octanol–water partition coefficient (Wildman–Crippen LogP) is 6.32. The van der Waals surface area contributed by atoms with Gasteiger partial charge in [-0.05, 0) is 43.9 Å². The molecule has 0 aliphatic rings. The first-order valence-electron chi connectivity index (χ1n) is 7.09. The summed E-state index contributed by atoms with van der Waals surface area (Å²) in [6.45, 7) is 6.30. The summed E-state index contributed by atoms with van der Waals surface area (Å²) < 4.78 is 0. The zero-order valence-corrected chi connectivity index (χ0v) is 14.2. The molecule has 2 rings (SSSR count). The van der Waals surface area contributed by atoms with Crippen LogP contribution in [-0.4, -0.2) is 4.84 Å². The zero-order chi connectivity index (χ0) is 15.4. The monoisotopic (exact) mass is 318 g/mol. The van der Waals surface area contributed by atoms with Crippen LogP contribution >= 0.6 is 23.2 Å². The summed E-state index contributed by atoms with van der Waals surface area (Å²) in [5, 5.41) is 0. The quantitative estimate of drug-likeness (QED) is 0.579. The number of hydrogen-bond acceptors (Lipinski definition) is 0. The highest BCUT2D eigenvalue weighted by Crippen LogP contribution is 2.30. The molecule has 0 aliphatic heterocycles. The summed E-state index contributed by atoms with van der Waals surface area (Å²) in [5.41, 5.74) is 7.35. The van der Waals surface area contributed by atoms with Crippen molar-refractivity contribution in [3.05, 3.63) is 76.4 Å². The van der Waals surface area contributed by atoms with Gasteiger partial charge in [0, 0.05) is 0 Å². The molecule has 0 aliphatic carbocycles. The topological polar surface area (TPSA) is 0 Å². The third-order valence-corrected chi connectivity index (χ3v) is 3.88. The molecule has 0 aromatic heterocycles. The van der Waals surface area contributed by atoms with Gasteiger partial charge in [-0.1, -0.05) is 65.2 Å². The van der Waals surface area contributed by atoms with Gasteiger partial charge in [-0.25, -0.2) is 0 Å². The van der Waals surface area contributed by atoms with Crippen LogP contribution < -0.4 is 0 Å². The molecule has 2 aromatic carbocycles. The van der Waals surface area contributed by atoms with E-state index in [1.54, 1.807) is 0 Å². The van der Waals surface area contributed by atoms with E-state index in [1.807, 2.05) is 0 Å². The predicted molar refractivity (Wildman–Crippen MR) is 94.2 cm³/mol. The highest BCUT2D eigenvalue weighted by Gasteiger charge is 2.11. The highest BCUT2D eigenvalue weighted by molar-refractivity contribution is 6.44. The van der Waals surface area contributed by atoms with E-state index < -0.39 is 0 Å². The molecule has 0 spiro atoms. The van der Waals surface area contributed by atoms with Crippen LogP contribution in [0.2, 0.25) is 0 Å². The minimum atomic E-state index is -0.379. The SMILES string of the molecule is CC(CC(Cl)Cl)=C(c1ccc(C)cc1)c1ccc(C)cc1. The number of aryl methyl sites for hydroxylation is 2. The Bertz CT molecular complexity index is 572. The van der Waals surface area contributed by atoms with Crippen molar-refractivity contribution in [2.75, 3.05) is 0 Å². The van der Waals surface area contributed by atoms with Crippen LogP contribution in [0.3, 0.4) is 0 Å². The molecule has 0 radical (unpaired) electrons. The molecule has 0 saturated carbocycles. The van der Waals surface area contributed by atoms with E-state index in [-0.39, 0.29) is 4.84 Å². The number of hydrogen-bond donors (Lipinski definition) is 0. The van der Waals surface area contributed by atoms with Crippen LogP contribution in [0, 0.1) is 13.8 Å². The fraction of sp³-hybridized carbons (Fsp3) is 0.263. The average molecular weight is 319 g/mol. The van der Waals surface area contributed by atoms with E-state index in [1.165, 1.54) is 33.4 Å². The van der Waals surface area contributed by atoms with E-state index in [0.717, 1.165) is 0 Å². The van der Waals surface area contributed by atoms with Crippen LogP contribution in [0.5, 0.6) is 0 Å². The van der Waals surface area contributed by atoms with Gasteiger partial charge in [0.05, 0.1) is 0 Å². The number of rotatable bonds is 4. The standard InChI is InChI=1S/C19H20Cl2/c1-13-4-8-16(9-5-13)19(15(3)12-18(20)21)17-10-6-14(2)7-11-17/h4-11,18H,12H2,1-3H3. The van der Waals surface area contributed by atoms with Crippen molar-refractivity contribution in [2.24, 2.45) is 0 Å². The van der Waals surface area contributed by atoms with Gasteiger partial charge in [0.25, 0.3) is 0 Å². The number of alkyl halides is 2. The first kappa shape index (κ1) is 16.1. The van der Waals surface area contributed by atoms with Crippen LogP contribution in [0.25, 0.3) is 5.57 Å². The summed E-state index contributed by atoms with van der Waals surface area (Å²) in [6, 6.07) is 17.2. The van der Waals surface area contributed by atoms with Crippen molar-refractivity contribution >= 4 is 28.8 Å². The van der Waals surface area contributed by atoms with E-state index in [9.17, 15) is 0 Å². The van der Waals surface area contributed by atoms with Crippen LogP contribution in [-0.2, 0) is 0 Å². The molecule has 0 heterocycles. The van der Waals surface area contributed by atoms with Crippen molar-refractivity contribution in [3.8, 4) is 0 Å². The number of halogens is 2. The first-order chi connectivity index (χ1) is 9.97. The summed E-state index contributed by atoms with van der Waals surface area (Å²) in [5.74, 6) is 0. The highest BCUT2D eigenvalue weighted by atomic mass is 35.5. The Morgan fingerprint density at radius 2 is 1.19 bits per heavy atom. The fourth-order valence-corrected chi connectivity index (χ4v) is 2.90. The van der Waals surface area contributed by atoms with Crippen molar-refractivity contribution in [3.63, 3.8) is 0 Å². The Labute approximate surface area is 137 Å². The van der Waals surface area contributed by atoms with Gasteiger partial charge in [-0.2, -0.15) is 0 Å². The second kappa shape index (κ2) is 7.15. The zero-order valence-electron chi connectivity index (χ0n) is 12.7. The van der Waals surface area contributed by atoms with E-state index in [2.05, 4.69) is 69.3 Å². The Hall–Kier alpha value is -1.24.